The van der Waals surface area contributed by atoms with E-state index in [0.29, 0.717) is 34.3 Å². The van der Waals surface area contributed by atoms with Gasteiger partial charge in [0.25, 0.3) is 0 Å². The van der Waals surface area contributed by atoms with Crippen molar-refractivity contribution in [2.24, 2.45) is 5.73 Å². The maximum Gasteiger partial charge on any atom is 0.249 e. The molecule has 0 aliphatic carbocycles. The van der Waals surface area contributed by atoms with E-state index in [1.165, 1.54) is 6.20 Å². The summed E-state index contributed by atoms with van der Waals surface area (Å²) in [6.07, 6.45) is 7.06. The van der Waals surface area contributed by atoms with Crippen LogP contribution in [0.15, 0.2) is 48.9 Å². The highest BCUT2D eigenvalue weighted by Gasteiger charge is 2.18. The molecule has 0 bridgehead atoms. The third-order valence-electron chi connectivity index (χ3n) is 5.27. The van der Waals surface area contributed by atoms with Gasteiger partial charge in [-0.05, 0) is 24.5 Å². The number of hydrogen-bond donors (Lipinski definition) is 3. The molecule has 3 aromatic rings. The van der Waals surface area contributed by atoms with Gasteiger partial charge < -0.3 is 21.3 Å². The lowest BCUT2D eigenvalue weighted by Gasteiger charge is -2.14. The smallest absolute Gasteiger partial charge is 0.249 e. The minimum Gasteiger partial charge on any atom is -0.380 e. The fourth-order valence-corrected chi connectivity index (χ4v) is 3.79. The Morgan fingerprint density at radius 3 is 2.72 bits per heavy atom. The second kappa shape index (κ2) is 9.69. The number of rotatable bonds is 8. The molecular weight excluding hydrogens is 430 g/mol. The molecule has 1 saturated heterocycles. The first-order valence-corrected chi connectivity index (χ1v) is 10.7. The number of primary amides is 1. The molecule has 1 aliphatic heterocycles. The van der Waals surface area contributed by atoms with Crippen LogP contribution in [0.25, 0.3) is 0 Å². The van der Waals surface area contributed by atoms with Crippen molar-refractivity contribution in [1.29, 1.82) is 0 Å². The average Bonchev–Trinajstić information content (AvgIpc) is 3.47. The van der Waals surface area contributed by atoms with Crippen molar-refractivity contribution in [1.82, 2.24) is 19.7 Å². The van der Waals surface area contributed by atoms with Gasteiger partial charge in [-0.2, -0.15) is 5.10 Å². The van der Waals surface area contributed by atoms with E-state index in [0.717, 1.165) is 31.5 Å². The molecule has 1 aliphatic rings. The van der Waals surface area contributed by atoms with Crippen LogP contribution >= 0.6 is 11.6 Å². The molecule has 4 rings (SSSR count). The average molecular weight is 454 g/mol. The summed E-state index contributed by atoms with van der Waals surface area (Å²) in [6.45, 7) is 2.22. The van der Waals surface area contributed by atoms with E-state index in [1.54, 1.807) is 35.3 Å². The number of halogens is 1. The van der Waals surface area contributed by atoms with Crippen LogP contribution in [0, 0.1) is 0 Å². The van der Waals surface area contributed by atoms with E-state index in [9.17, 15) is 9.59 Å². The molecular formula is C22H24ClN7O2. The highest BCUT2D eigenvalue weighted by molar-refractivity contribution is 6.33. The Morgan fingerprint density at radius 2 is 1.94 bits per heavy atom. The number of nitrogens with zero attached hydrogens (tertiary/aromatic N) is 4. The molecule has 32 heavy (non-hydrogen) atoms. The maximum atomic E-state index is 12.3. The van der Waals surface area contributed by atoms with E-state index >= 15 is 0 Å². The first-order chi connectivity index (χ1) is 15.5. The maximum absolute atomic E-state index is 12.3. The van der Waals surface area contributed by atoms with Crippen molar-refractivity contribution in [3.63, 3.8) is 0 Å². The van der Waals surface area contributed by atoms with Crippen molar-refractivity contribution >= 4 is 40.6 Å². The van der Waals surface area contributed by atoms with E-state index < -0.39 is 5.91 Å². The van der Waals surface area contributed by atoms with Gasteiger partial charge in [0, 0.05) is 37.5 Å². The second-order valence-electron chi connectivity index (χ2n) is 7.56. The van der Waals surface area contributed by atoms with Crippen LogP contribution in [0.5, 0.6) is 0 Å². The lowest BCUT2D eigenvalue weighted by molar-refractivity contribution is -0.130. The Balaban J connectivity index is 1.40. The number of carbonyl (C=O) groups is 2. The van der Waals surface area contributed by atoms with Crippen LogP contribution in [0.4, 0.5) is 17.2 Å². The van der Waals surface area contributed by atoms with Crippen LogP contribution in [-0.2, 0) is 17.9 Å². The quantitative estimate of drug-likeness (QED) is 0.482. The third kappa shape index (κ3) is 5.17. The summed E-state index contributed by atoms with van der Waals surface area (Å²) < 4.78 is 1.61. The zero-order valence-electron chi connectivity index (χ0n) is 17.4. The number of amides is 2. The molecule has 0 unspecified atom stereocenters. The van der Waals surface area contributed by atoms with Crippen molar-refractivity contribution in [2.45, 2.75) is 25.9 Å². The largest absolute Gasteiger partial charge is 0.380 e. The van der Waals surface area contributed by atoms with Crippen LogP contribution in [0.3, 0.4) is 0 Å². The van der Waals surface area contributed by atoms with Gasteiger partial charge in [-0.25, -0.2) is 4.98 Å². The van der Waals surface area contributed by atoms with Gasteiger partial charge in [0.15, 0.2) is 0 Å². The summed E-state index contributed by atoms with van der Waals surface area (Å²) >= 11 is 6.29. The Kier molecular flexibility index (Phi) is 6.55. The Bertz CT molecular complexity index is 1120. The number of nitrogens with one attached hydrogen (secondary N) is 2. The summed E-state index contributed by atoms with van der Waals surface area (Å²) in [4.78, 5) is 30.1. The van der Waals surface area contributed by atoms with E-state index in [2.05, 4.69) is 20.7 Å². The number of likely N-dealkylation sites (tertiary alicyclic amines) is 1. The number of aromatic nitrogens is 3. The molecule has 1 fully saturated rings. The van der Waals surface area contributed by atoms with Crippen molar-refractivity contribution in [3.05, 3.63) is 65.1 Å². The zero-order valence-corrected chi connectivity index (χ0v) is 18.2. The minimum absolute atomic E-state index is 0.0736. The predicted molar refractivity (Wildman–Crippen MR) is 123 cm³/mol. The van der Waals surface area contributed by atoms with Gasteiger partial charge >= 0.3 is 0 Å². The summed E-state index contributed by atoms with van der Waals surface area (Å²) in [7, 11) is 0. The SMILES string of the molecule is NC(=O)c1ccccc1CNc1cc(Nc2cnn(CC(=O)N3CCCC3)c2)ncc1Cl. The van der Waals surface area contributed by atoms with Crippen LogP contribution in [0.2, 0.25) is 5.02 Å². The zero-order chi connectivity index (χ0) is 22.5. The number of anilines is 3. The lowest BCUT2D eigenvalue weighted by atomic mass is 10.1. The molecule has 1 aromatic carbocycles. The molecule has 2 aromatic heterocycles. The molecule has 2 amide bonds. The number of hydrogen-bond acceptors (Lipinski definition) is 6. The monoisotopic (exact) mass is 453 g/mol. The van der Waals surface area contributed by atoms with Crippen molar-refractivity contribution in [2.75, 3.05) is 23.7 Å². The number of nitrogens with two attached hydrogens (primary N) is 1. The molecule has 0 atom stereocenters. The minimum atomic E-state index is -0.481. The first kappa shape index (κ1) is 21.6. The lowest BCUT2D eigenvalue weighted by Crippen LogP contribution is -2.31. The van der Waals surface area contributed by atoms with Crippen LogP contribution in [0.1, 0.15) is 28.8 Å². The van der Waals surface area contributed by atoms with Crippen molar-refractivity contribution in [3.8, 4) is 0 Å². The highest BCUT2D eigenvalue weighted by atomic mass is 35.5. The number of carbonyl (C=O) groups excluding carboxylic acids is 2. The molecule has 0 saturated carbocycles. The summed E-state index contributed by atoms with van der Waals surface area (Å²) in [5, 5.41) is 11.1. The first-order valence-electron chi connectivity index (χ1n) is 10.3. The Morgan fingerprint density at radius 1 is 1.16 bits per heavy atom. The number of pyridine rings is 1. The second-order valence-corrected chi connectivity index (χ2v) is 7.97. The molecule has 0 radical (unpaired) electrons. The topological polar surface area (TPSA) is 118 Å². The van der Waals surface area contributed by atoms with Gasteiger partial charge in [-0.1, -0.05) is 29.8 Å². The van der Waals surface area contributed by atoms with Gasteiger partial charge in [0.1, 0.15) is 12.4 Å². The van der Waals surface area contributed by atoms with Gasteiger partial charge in [-0.3, -0.25) is 14.3 Å². The van der Waals surface area contributed by atoms with E-state index in [1.807, 2.05) is 17.0 Å². The summed E-state index contributed by atoms with van der Waals surface area (Å²) in [6, 6.07) is 8.90. The third-order valence-corrected chi connectivity index (χ3v) is 5.57. The Hall–Kier alpha value is -3.59. The molecule has 4 N–H and O–H groups in total. The summed E-state index contributed by atoms with van der Waals surface area (Å²) in [5.41, 5.74) is 8.03. The standard InChI is InChI=1S/C22H24ClN7O2/c23-18-12-26-20(9-19(18)25-10-15-5-1-2-6-17(15)22(24)32)28-16-11-27-30(13-16)14-21(31)29-7-3-4-8-29/h1-2,5-6,9,11-13H,3-4,7-8,10,14H2,(H2,24,32)(H2,25,26,28). The molecule has 0 spiro atoms. The summed E-state index contributed by atoms with van der Waals surface area (Å²) in [5.74, 6) is 0.154. The highest BCUT2D eigenvalue weighted by Crippen LogP contribution is 2.26. The van der Waals surface area contributed by atoms with Crippen LogP contribution in [-0.4, -0.2) is 44.6 Å². The molecule has 166 valence electrons. The molecule has 3 heterocycles. The van der Waals surface area contributed by atoms with Gasteiger partial charge in [-0.15, -0.1) is 0 Å². The molecule has 9 nitrogen and oxygen atoms in total. The number of benzene rings is 1. The normalized spacial score (nSPS) is 13.2. The van der Waals surface area contributed by atoms with E-state index in [-0.39, 0.29) is 12.5 Å². The van der Waals surface area contributed by atoms with Crippen LogP contribution < -0.4 is 16.4 Å². The Labute approximate surface area is 190 Å². The van der Waals surface area contributed by atoms with Crippen molar-refractivity contribution < 1.29 is 9.59 Å². The fraction of sp³-hybridized carbons (Fsp3) is 0.273. The van der Waals surface area contributed by atoms with Gasteiger partial charge in [0.05, 0.1) is 28.8 Å². The van der Waals surface area contributed by atoms with Gasteiger partial charge in [0.2, 0.25) is 11.8 Å². The fourth-order valence-electron chi connectivity index (χ4n) is 3.62. The van der Waals surface area contributed by atoms with E-state index in [4.69, 9.17) is 17.3 Å². The predicted octanol–water partition coefficient (Wildman–Crippen LogP) is 3.01. The molecule has 10 heteroatoms.